The van der Waals surface area contributed by atoms with Crippen molar-refractivity contribution in [1.82, 2.24) is 10.7 Å². The molecule has 210 valence electrons. The zero-order valence-corrected chi connectivity index (χ0v) is 24.3. The minimum atomic E-state index is -0.913. The van der Waals surface area contributed by atoms with Gasteiger partial charge in [-0.15, -0.1) is 0 Å². The molecule has 10 nitrogen and oxygen atoms in total. The molecule has 3 aromatic carbocycles. The molecule has 3 aromatic rings. The van der Waals surface area contributed by atoms with Crippen LogP contribution in [0.4, 0.5) is 5.69 Å². The smallest absolute Gasteiger partial charge is 0.329 e. The molecule has 0 radical (unpaired) electrons. The molecule has 0 unspecified atom stereocenters. The molecule has 0 aliphatic rings. The lowest BCUT2D eigenvalue weighted by molar-refractivity contribution is -0.139. The highest BCUT2D eigenvalue weighted by Gasteiger charge is 2.15. The minimum Gasteiger partial charge on any atom is -0.497 e. The largest absolute Gasteiger partial charge is 0.497 e. The molecule has 0 spiro atoms. The van der Waals surface area contributed by atoms with Crippen molar-refractivity contribution in [3.63, 3.8) is 0 Å². The summed E-state index contributed by atoms with van der Waals surface area (Å²) >= 11 is 3.44. The summed E-state index contributed by atoms with van der Waals surface area (Å²) in [7, 11) is 1.56. The zero-order chi connectivity index (χ0) is 29.1. The highest BCUT2D eigenvalue weighted by atomic mass is 79.9. The predicted molar refractivity (Wildman–Crippen MR) is 156 cm³/mol. The van der Waals surface area contributed by atoms with Gasteiger partial charge >= 0.3 is 11.8 Å². The van der Waals surface area contributed by atoms with Gasteiger partial charge in [0.25, 0.3) is 5.91 Å². The van der Waals surface area contributed by atoms with E-state index in [9.17, 15) is 14.4 Å². The maximum absolute atomic E-state index is 12.5. The van der Waals surface area contributed by atoms with E-state index in [1.54, 1.807) is 43.5 Å². The number of carbonyl (C=O) groups excluding carboxylic acids is 3. The topological polar surface area (TPSA) is 127 Å². The van der Waals surface area contributed by atoms with Crippen LogP contribution in [0.15, 0.2) is 64.2 Å². The number of rotatable bonds is 11. The second kappa shape index (κ2) is 14.7. The molecule has 0 aliphatic carbocycles. The standard InChI is InChI=1S/C29H31BrN4O6/c1-5-39-25-14-21(16-32-34-29(37)28(36)31-15-20-7-10-23(38-4)11-8-20)13-24(30)27(25)40-17-26(35)33-22-9-6-18(2)19(3)12-22/h6-14,16H,5,15,17H2,1-4H3,(H,31,36)(H,33,35)(H,34,37)/b32-16-. The maximum Gasteiger partial charge on any atom is 0.329 e. The molecule has 0 atom stereocenters. The fourth-order valence-electron chi connectivity index (χ4n) is 3.44. The van der Waals surface area contributed by atoms with Crippen molar-refractivity contribution in [3.05, 3.63) is 81.3 Å². The van der Waals surface area contributed by atoms with Crippen molar-refractivity contribution in [2.24, 2.45) is 5.10 Å². The summed E-state index contributed by atoms with van der Waals surface area (Å²) < 4.78 is 17.1. The first-order valence-electron chi connectivity index (χ1n) is 12.4. The minimum absolute atomic E-state index is 0.175. The van der Waals surface area contributed by atoms with Gasteiger partial charge in [0, 0.05) is 12.2 Å². The molecule has 0 saturated carbocycles. The highest BCUT2D eigenvalue weighted by Crippen LogP contribution is 2.36. The number of nitrogens with one attached hydrogen (secondary N) is 3. The summed E-state index contributed by atoms with van der Waals surface area (Å²) in [5, 5.41) is 9.21. The molecule has 3 amide bonds. The van der Waals surface area contributed by atoms with Gasteiger partial charge in [0.2, 0.25) is 0 Å². The first-order chi connectivity index (χ1) is 19.2. The quantitative estimate of drug-likeness (QED) is 0.169. The molecule has 3 N–H and O–H groups in total. The summed E-state index contributed by atoms with van der Waals surface area (Å²) in [5.74, 6) is -0.650. The Morgan fingerprint density at radius 3 is 2.38 bits per heavy atom. The number of hydrogen-bond donors (Lipinski definition) is 3. The summed E-state index contributed by atoms with van der Waals surface area (Å²) in [4.78, 5) is 36.7. The number of nitrogens with zero attached hydrogens (tertiary/aromatic N) is 1. The Bertz CT molecular complexity index is 1390. The van der Waals surface area contributed by atoms with E-state index in [4.69, 9.17) is 14.2 Å². The molecule has 0 saturated heterocycles. The third-order valence-corrected chi connectivity index (χ3v) is 6.26. The van der Waals surface area contributed by atoms with Crippen molar-refractivity contribution in [2.75, 3.05) is 25.6 Å². The number of aryl methyl sites for hydroxylation is 2. The number of hydrazone groups is 1. The van der Waals surface area contributed by atoms with Crippen LogP contribution in [-0.2, 0) is 20.9 Å². The molecule has 0 aromatic heterocycles. The molecule has 0 aliphatic heterocycles. The van der Waals surface area contributed by atoms with Gasteiger partial charge in [-0.25, -0.2) is 5.43 Å². The number of hydrogen-bond acceptors (Lipinski definition) is 7. The molecule has 0 fully saturated rings. The summed E-state index contributed by atoms with van der Waals surface area (Å²) in [6.45, 7) is 6.08. The van der Waals surface area contributed by atoms with Crippen LogP contribution in [0.25, 0.3) is 0 Å². The van der Waals surface area contributed by atoms with Gasteiger partial charge in [0.05, 0.1) is 24.4 Å². The van der Waals surface area contributed by atoms with E-state index in [-0.39, 0.29) is 19.1 Å². The van der Waals surface area contributed by atoms with Crippen LogP contribution in [0.5, 0.6) is 17.2 Å². The highest BCUT2D eigenvalue weighted by molar-refractivity contribution is 9.10. The SMILES string of the molecule is CCOc1cc(/C=N\NC(=O)C(=O)NCc2ccc(OC)cc2)cc(Br)c1OCC(=O)Nc1ccc(C)c(C)c1. The van der Waals surface area contributed by atoms with Crippen LogP contribution in [0.1, 0.15) is 29.2 Å². The van der Waals surface area contributed by atoms with E-state index in [1.165, 1.54) is 6.21 Å². The van der Waals surface area contributed by atoms with Crippen LogP contribution in [-0.4, -0.2) is 44.3 Å². The number of halogens is 1. The molecule has 0 heterocycles. The molecule has 40 heavy (non-hydrogen) atoms. The van der Waals surface area contributed by atoms with Crippen LogP contribution in [0, 0.1) is 13.8 Å². The molecular weight excluding hydrogens is 580 g/mol. The first kappa shape index (κ1) is 30.2. The average molecular weight is 611 g/mol. The summed E-state index contributed by atoms with van der Waals surface area (Å²) in [6.07, 6.45) is 1.36. The van der Waals surface area contributed by atoms with Gasteiger partial charge in [0.15, 0.2) is 18.1 Å². The lowest BCUT2D eigenvalue weighted by Crippen LogP contribution is -2.37. The summed E-state index contributed by atoms with van der Waals surface area (Å²) in [5.41, 5.74) is 6.46. The number of benzene rings is 3. The molecular formula is C29H31BrN4O6. The second-order valence-corrected chi connectivity index (χ2v) is 9.48. The van der Waals surface area contributed by atoms with Gasteiger partial charge in [0.1, 0.15) is 5.75 Å². The van der Waals surface area contributed by atoms with Crippen molar-refractivity contribution in [3.8, 4) is 17.2 Å². The third-order valence-electron chi connectivity index (χ3n) is 5.67. The third kappa shape index (κ3) is 8.84. The monoisotopic (exact) mass is 610 g/mol. The van der Waals surface area contributed by atoms with E-state index in [2.05, 4.69) is 37.1 Å². The Hall–Kier alpha value is -4.38. The van der Waals surface area contributed by atoms with Crippen molar-refractivity contribution in [2.45, 2.75) is 27.3 Å². The van der Waals surface area contributed by atoms with Crippen LogP contribution in [0.3, 0.4) is 0 Å². The predicted octanol–water partition coefficient (Wildman–Crippen LogP) is 4.26. The van der Waals surface area contributed by atoms with E-state index in [0.29, 0.717) is 39.6 Å². The Morgan fingerprint density at radius 1 is 0.950 bits per heavy atom. The lowest BCUT2D eigenvalue weighted by atomic mass is 10.1. The van der Waals surface area contributed by atoms with E-state index >= 15 is 0 Å². The Balaban J connectivity index is 1.56. The van der Waals surface area contributed by atoms with Gasteiger partial charge in [-0.1, -0.05) is 18.2 Å². The number of amides is 3. The Labute approximate surface area is 241 Å². The Morgan fingerprint density at radius 2 is 1.70 bits per heavy atom. The average Bonchev–Trinajstić information content (AvgIpc) is 2.93. The zero-order valence-electron chi connectivity index (χ0n) is 22.7. The molecule has 3 rings (SSSR count). The number of methoxy groups -OCH3 is 1. The summed E-state index contributed by atoms with van der Waals surface area (Å²) in [6, 6.07) is 16.1. The van der Waals surface area contributed by atoms with E-state index in [0.717, 1.165) is 16.7 Å². The molecule has 0 bridgehead atoms. The van der Waals surface area contributed by atoms with Gasteiger partial charge in [-0.2, -0.15) is 5.10 Å². The number of carbonyl (C=O) groups is 3. The molecule has 11 heteroatoms. The van der Waals surface area contributed by atoms with Crippen molar-refractivity contribution in [1.29, 1.82) is 0 Å². The van der Waals surface area contributed by atoms with Crippen molar-refractivity contribution < 1.29 is 28.6 Å². The maximum atomic E-state index is 12.5. The lowest BCUT2D eigenvalue weighted by Gasteiger charge is -2.15. The van der Waals surface area contributed by atoms with Gasteiger partial charge in [-0.05, 0) is 95.4 Å². The van der Waals surface area contributed by atoms with E-state index in [1.807, 2.05) is 39.0 Å². The Kier molecular flexibility index (Phi) is 11.1. The number of anilines is 1. The van der Waals surface area contributed by atoms with E-state index < -0.39 is 11.8 Å². The number of ether oxygens (including phenoxy) is 3. The van der Waals surface area contributed by atoms with Gasteiger partial charge in [-0.3, -0.25) is 14.4 Å². The normalized spacial score (nSPS) is 10.6. The first-order valence-corrected chi connectivity index (χ1v) is 13.2. The van der Waals surface area contributed by atoms with Crippen LogP contribution in [0.2, 0.25) is 0 Å². The second-order valence-electron chi connectivity index (χ2n) is 8.63. The fraction of sp³-hybridized carbons (Fsp3) is 0.241. The van der Waals surface area contributed by atoms with Crippen LogP contribution < -0.4 is 30.3 Å². The van der Waals surface area contributed by atoms with Crippen LogP contribution >= 0.6 is 15.9 Å². The fourth-order valence-corrected chi connectivity index (χ4v) is 4.02. The van der Waals surface area contributed by atoms with Crippen molar-refractivity contribution >= 4 is 45.6 Å². The van der Waals surface area contributed by atoms with Gasteiger partial charge < -0.3 is 24.8 Å².